The van der Waals surface area contributed by atoms with Crippen molar-refractivity contribution < 1.29 is 9.59 Å². The molecule has 0 radical (unpaired) electrons. The highest BCUT2D eigenvalue weighted by atomic mass is 16.2. The highest BCUT2D eigenvalue weighted by Crippen LogP contribution is 2.08. The lowest BCUT2D eigenvalue weighted by Crippen LogP contribution is -2.40. The molecule has 1 unspecified atom stereocenters. The Morgan fingerprint density at radius 3 is 2.55 bits per heavy atom. The maximum absolute atomic E-state index is 11.8. The smallest absolute Gasteiger partial charge is 0.239 e. The lowest BCUT2D eigenvalue weighted by Gasteiger charge is -2.10. The summed E-state index contributed by atoms with van der Waals surface area (Å²) >= 11 is 0. The molecule has 2 amide bonds. The van der Waals surface area contributed by atoms with Crippen molar-refractivity contribution in [3.8, 4) is 6.07 Å². The summed E-state index contributed by atoms with van der Waals surface area (Å²) < 4.78 is 0. The van der Waals surface area contributed by atoms with Gasteiger partial charge in [-0.2, -0.15) is 5.26 Å². The van der Waals surface area contributed by atoms with Crippen LogP contribution in [0.1, 0.15) is 18.9 Å². The number of nitriles is 1. The summed E-state index contributed by atoms with van der Waals surface area (Å²) in [7, 11) is 0. The number of carbonyl (C=O) groups is 2. The van der Waals surface area contributed by atoms with Gasteiger partial charge in [0.1, 0.15) is 5.92 Å². The summed E-state index contributed by atoms with van der Waals surface area (Å²) in [5.41, 5.74) is 0.921. The molecule has 1 rings (SSSR count). The Bertz CT molecular complexity index is 480. The van der Waals surface area contributed by atoms with E-state index < -0.39 is 11.8 Å². The Morgan fingerprint density at radius 1 is 1.25 bits per heavy atom. The minimum atomic E-state index is -0.781. The van der Waals surface area contributed by atoms with Crippen LogP contribution in [0, 0.1) is 17.2 Å². The molecule has 0 aliphatic rings. The van der Waals surface area contributed by atoms with E-state index in [1.807, 2.05) is 43.3 Å². The van der Waals surface area contributed by atoms with Crippen molar-refractivity contribution in [3.63, 3.8) is 0 Å². The van der Waals surface area contributed by atoms with Crippen molar-refractivity contribution >= 4 is 11.8 Å². The SMILES string of the molecule is CCCNC(=O)CNC(=O)C(C#N)Cc1ccccc1. The maximum Gasteiger partial charge on any atom is 0.239 e. The Labute approximate surface area is 119 Å². The van der Waals surface area contributed by atoms with E-state index in [9.17, 15) is 9.59 Å². The lowest BCUT2D eigenvalue weighted by atomic mass is 10.00. The first-order valence-corrected chi connectivity index (χ1v) is 6.65. The molecule has 0 aromatic heterocycles. The van der Waals surface area contributed by atoms with Crippen LogP contribution in [0.4, 0.5) is 0 Å². The van der Waals surface area contributed by atoms with E-state index in [0.29, 0.717) is 13.0 Å². The zero-order valence-corrected chi connectivity index (χ0v) is 11.6. The van der Waals surface area contributed by atoms with E-state index in [4.69, 9.17) is 5.26 Å². The second-order valence-corrected chi connectivity index (χ2v) is 4.44. The van der Waals surface area contributed by atoms with Crippen molar-refractivity contribution in [2.45, 2.75) is 19.8 Å². The van der Waals surface area contributed by atoms with Crippen molar-refractivity contribution in [3.05, 3.63) is 35.9 Å². The molecule has 1 atom stereocenters. The van der Waals surface area contributed by atoms with E-state index in [0.717, 1.165) is 12.0 Å². The molecule has 0 heterocycles. The minimum Gasteiger partial charge on any atom is -0.355 e. The third kappa shape index (κ3) is 5.53. The zero-order valence-electron chi connectivity index (χ0n) is 11.6. The fraction of sp³-hybridized carbons (Fsp3) is 0.400. The topological polar surface area (TPSA) is 82.0 Å². The van der Waals surface area contributed by atoms with Gasteiger partial charge in [-0.3, -0.25) is 9.59 Å². The zero-order chi connectivity index (χ0) is 14.8. The Kier molecular flexibility index (Phi) is 6.83. The Hall–Kier alpha value is -2.35. The van der Waals surface area contributed by atoms with Gasteiger partial charge in [-0.25, -0.2) is 0 Å². The lowest BCUT2D eigenvalue weighted by molar-refractivity contribution is -0.127. The Morgan fingerprint density at radius 2 is 1.95 bits per heavy atom. The van der Waals surface area contributed by atoms with Crippen molar-refractivity contribution in [2.24, 2.45) is 5.92 Å². The van der Waals surface area contributed by atoms with Crippen LogP contribution < -0.4 is 10.6 Å². The summed E-state index contributed by atoms with van der Waals surface area (Å²) in [6, 6.07) is 11.3. The maximum atomic E-state index is 11.8. The van der Waals surface area contributed by atoms with Gasteiger partial charge in [0.05, 0.1) is 12.6 Å². The molecule has 0 bridgehead atoms. The Balaban J connectivity index is 2.44. The molecule has 0 spiro atoms. The molecule has 5 nitrogen and oxygen atoms in total. The predicted molar refractivity (Wildman–Crippen MR) is 75.6 cm³/mol. The predicted octanol–water partition coefficient (Wildman–Crippen LogP) is 1.01. The van der Waals surface area contributed by atoms with Crippen molar-refractivity contribution in [2.75, 3.05) is 13.1 Å². The van der Waals surface area contributed by atoms with E-state index in [2.05, 4.69) is 10.6 Å². The van der Waals surface area contributed by atoms with Crippen LogP contribution in [0.25, 0.3) is 0 Å². The molecular formula is C15H19N3O2. The third-order valence-electron chi connectivity index (χ3n) is 2.75. The fourth-order valence-electron chi connectivity index (χ4n) is 1.66. The number of hydrogen-bond donors (Lipinski definition) is 2. The molecular weight excluding hydrogens is 254 g/mol. The molecule has 5 heteroatoms. The summed E-state index contributed by atoms with van der Waals surface area (Å²) in [6.45, 7) is 2.44. The number of nitrogens with one attached hydrogen (secondary N) is 2. The van der Waals surface area contributed by atoms with Crippen LogP contribution in [0.5, 0.6) is 0 Å². The fourth-order valence-corrected chi connectivity index (χ4v) is 1.66. The van der Waals surface area contributed by atoms with Gasteiger partial charge in [0.15, 0.2) is 0 Å². The van der Waals surface area contributed by atoms with Crippen LogP contribution >= 0.6 is 0 Å². The monoisotopic (exact) mass is 273 g/mol. The third-order valence-corrected chi connectivity index (χ3v) is 2.75. The number of hydrogen-bond acceptors (Lipinski definition) is 3. The highest BCUT2D eigenvalue weighted by Gasteiger charge is 2.18. The number of carbonyl (C=O) groups excluding carboxylic acids is 2. The van der Waals surface area contributed by atoms with Gasteiger partial charge >= 0.3 is 0 Å². The second-order valence-electron chi connectivity index (χ2n) is 4.44. The van der Waals surface area contributed by atoms with Crippen LogP contribution in [0.3, 0.4) is 0 Å². The first-order valence-electron chi connectivity index (χ1n) is 6.65. The number of benzene rings is 1. The van der Waals surface area contributed by atoms with E-state index in [-0.39, 0.29) is 12.5 Å². The normalized spacial score (nSPS) is 11.2. The van der Waals surface area contributed by atoms with E-state index in [1.54, 1.807) is 0 Å². The van der Waals surface area contributed by atoms with Crippen molar-refractivity contribution in [1.29, 1.82) is 5.26 Å². The number of nitrogens with zero attached hydrogens (tertiary/aromatic N) is 1. The van der Waals surface area contributed by atoms with Gasteiger partial charge in [0.25, 0.3) is 0 Å². The molecule has 1 aromatic rings. The van der Waals surface area contributed by atoms with Crippen LogP contribution in [0.15, 0.2) is 30.3 Å². The summed E-state index contributed by atoms with van der Waals surface area (Å²) in [5.74, 6) is -1.43. The van der Waals surface area contributed by atoms with Crippen molar-refractivity contribution in [1.82, 2.24) is 10.6 Å². The second kappa shape index (κ2) is 8.70. The van der Waals surface area contributed by atoms with Gasteiger partial charge in [-0.05, 0) is 18.4 Å². The average molecular weight is 273 g/mol. The molecule has 2 N–H and O–H groups in total. The highest BCUT2D eigenvalue weighted by molar-refractivity contribution is 5.87. The van der Waals surface area contributed by atoms with Gasteiger partial charge in [-0.15, -0.1) is 0 Å². The van der Waals surface area contributed by atoms with Gasteiger partial charge in [-0.1, -0.05) is 37.3 Å². The van der Waals surface area contributed by atoms with Gasteiger partial charge in [0.2, 0.25) is 11.8 Å². The molecule has 0 saturated heterocycles. The molecule has 0 aliphatic heterocycles. The molecule has 106 valence electrons. The largest absolute Gasteiger partial charge is 0.355 e. The van der Waals surface area contributed by atoms with E-state index in [1.165, 1.54) is 0 Å². The van der Waals surface area contributed by atoms with Crippen LogP contribution in [0.2, 0.25) is 0 Å². The van der Waals surface area contributed by atoms with Gasteiger partial charge < -0.3 is 10.6 Å². The molecule has 20 heavy (non-hydrogen) atoms. The average Bonchev–Trinajstić information content (AvgIpc) is 2.49. The molecule has 0 fully saturated rings. The first-order chi connectivity index (χ1) is 9.67. The number of amides is 2. The van der Waals surface area contributed by atoms with E-state index >= 15 is 0 Å². The number of rotatable bonds is 7. The van der Waals surface area contributed by atoms with Crippen LogP contribution in [-0.2, 0) is 16.0 Å². The first kappa shape index (κ1) is 15.7. The minimum absolute atomic E-state index is 0.0915. The molecule has 0 saturated carbocycles. The standard InChI is InChI=1S/C15H19N3O2/c1-2-8-17-14(19)11-18-15(20)13(10-16)9-12-6-4-3-5-7-12/h3-7,13H,2,8-9,11H2,1H3,(H,17,19)(H,18,20). The van der Waals surface area contributed by atoms with Crippen LogP contribution in [-0.4, -0.2) is 24.9 Å². The quantitative estimate of drug-likeness (QED) is 0.778. The molecule has 1 aromatic carbocycles. The summed E-state index contributed by atoms with van der Waals surface area (Å²) in [6.07, 6.45) is 1.19. The summed E-state index contributed by atoms with van der Waals surface area (Å²) in [5, 5.41) is 14.2. The summed E-state index contributed by atoms with van der Waals surface area (Å²) in [4.78, 5) is 23.2. The molecule has 0 aliphatic carbocycles. The van der Waals surface area contributed by atoms with Gasteiger partial charge in [0, 0.05) is 6.54 Å².